The number of anilines is 1. The number of halogens is 4. The number of imidazole rings is 1. The zero-order valence-corrected chi connectivity index (χ0v) is 20.8. The predicted molar refractivity (Wildman–Crippen MR) is 136 cm³/mol. The van der Waals surface area contributed by atoms with Gasteiger partial charge in [-0.3, -0.25) is 9.20 Å². The summed E-state index contributed by atoms with van der Waals surface area (Å²) in [6, 6.07) is 12.7. The number of aromatic nitrogens is 2. The minimum Gasteiger partial charge on any atom is -0.456 e. The van der Waals surface area contributed by atoms with Crippen molar-refractivity contribution in [2.24, 2.45) is 5.92 Å². The fraction of sp³-hybridized carbons (Fsp3) is 0.286. The number of benzene rings is 2. The van der Waals surface area contributed by atoms with Crippen LogP contribution in [0.2, 0.25) is 0 Å². The number of carbonyl (C=O) groups excluding carboxylic acids is 1. The third-order valence-corrected chi connectivity index (χ3v) is 6.53. The van der Waals surface area contributed by atoms with E-state index in [1.54, 1.807) is 35.0 Å². The summed E-state index contributed by atoms with van der Waals surface area (Å²) in [5, 5.41) is 5.83. The van der Waals surface area contributed by atoms with Gasteiger partial charge in [0.15, 0.2) is 5.65 Å². The molecule has 5 rings (SSSR count). The van der Waals surface area contributed by atoms with Crippen LogP contribution in [0, 0.1) is 18.7 Å². The van der Waals surface area contributed by atoms with Crippen LogP contribution < -0.4 is 15.4 Å². The molecular formula is C28H26F4N4O2. The van der Waals surface area contributed by atoms with Gasteiger partial charge < -0.3 is 15.4 Å². The van der Waals surface area contributed by atoms with Gasteiger partial charge in [0.1, 0.15) is 17.3 Å². The molecule has 1 fully saturated rings. The van der Waals surface area contributed by atoms with Crippen molar-refractivity contribution < 1.29 is 27.1 Å². The molecule has 0 aliphatic heterocycles. The molecule has 1 amide bonds. The van der Waals surface area contributed by atoms with E-state index in [4.69, 9.17) is 4.74 Å². The molecule has 10 heteroatoms. The Hall–Kier alpha value is -4.08. The molecule has 198 valence electrons. The Labute approximate surface area is 216 Å². The first-order valence-electron chi connectivity index (χ1n) is 12.2. The van der Waals surface area contributed by atoms with Crippen molar-refractivity contribution in [1.82, 2.24) is 14.7 Å². The van der Waals surface area contributed by atoms with Gasteiger partial charge in [-0.1, -0.05) is 19.1 Å². The molecule has 2 atom stereocenters. The molecule has 0 bridgehead atoms. The van der Waals surface area contributed by atoms with E-state index in [0.29, 0.717) is 28.5 Å². The molecule has 0 saturated heterocycles. The van der Waals surface area contributed by atoms with E-state index in [1.807, 2.05) is 13.0 Å². The number of alkyl halides is 3. The topological polar surface area (TPSA) is 67.7 Å². The number of hydrogen-bond acceptors (Lipinski definition) is 4. The quantitative estimate of drug-likeness (QED) is 0.250. The summed E-state index contributed by atoms with van der Waals surface area (Å²) in [5.41, 5.74) is 3.49. The third-order valence-electron chi connectivity index (χ3n) is 6.53. The van der Waals surface area contributed by atoms with Crippen molar-refractivity contribution in [3.8, 4) is 22.8 Å². The number of aryl methyl sites for hydroxylation is 1. The number of nitrogens with one attached hydrogen (secondary N) is 2. The number of nitrogens with zero attached hydrogens (tertiary/aromatic N) is 2. The lowest BCUT2D eigenvalue weighted by Crippen LogP contribution is -2.27. The Balaban J connectivity index is 1.49. The van der Waals surface area contributed by atoms with Crippen molar-refractivity contribution in [2.75, 3.05) is 11.9 Å². The molecule has 38 heavy (non-hydrogen) atoms. The summed E-state index contributed by atoms with van der Waals surface area (Å²) >= 11 is 0. The molecule has 0 radical (unpaired) electrons. The van der Waals surface area contributed by atoms with Gasteiger partial charge in [-0.2, -0.15) is 13.2 Å². The van der Waals surface area contributed by atoms with E-state index in [0.717, 1.165) is 17.5 Å². The highest BCUT2D eigenvalue weighted by molar-refractivity contribution is 5.96. The molecular weight excluding hydrogens is 500 g/mol. The first-order chi connectivity index (χ1) is 18.1. The van der Waals surface area contributed by atoms with Crippen LogP contribution in [0.3, 0.4) is 0 Å². The number of ether oxygens (including phenoxy) is 1. The normalized spacial score (nSPS) is 16.9. The minimum atomic E-state index is -4.32. The van der Waals surface area contributed by atoms with Gasteiger partial charge in [0, 0.05) is 35.8 Å². The van der Waals surface area contributed by atoms with Crippen LogP contribution in [-0.4, -0.2) is 34.1 Å². The number of amides is 1. The van der Waals surface area contributed by atoms with E-state index < -0.39 is 18.4 Å². The Morgan fingerprint density at radius 2 is 1.95 bits per heavy atom. The molecule has 2 heterocycles. The molecule has 1 saturated carbocycles. The molecule has 0 unspecified atom stereocenters. The summed E-state index contributed by atoms with van der Waals surface area (Å²) < 4.78 is 59.5. The van der Waals surface area contributed by atoms with Gasteiger partial charge in [-0.25, -0.2) is 9.37 Å². The first kappa shape index (κ1) is 25.6. The Morgan fingerprint density at radius 3 is 2.63 bits per heavy atom. The van der Waals surface area contributed by atoms with Crippen molar-refractivity contribution in [2.45, 2.75) is 38.9 Å². The maximum Gasteiger partial charge on any atom is 0.390 e. The number of pyridine rings is 1. The molecule has 2 N–H and O–H groups in total. The van der Waals surface area contributed by atoms with Crippen LogP contribution in [0.15, 0.2) is 60.9 Å². The molecule has 1 aliphatic carbocycles. The number of carbonyl (C=O) groups is 1. The van der Waals surface area contributed by atoms with Crippen LogP contribution in [0.5, 0.6) is 11.5 Å². The molecule has 4 aromatic rings. The molecule has 1 aliphatic rings. The lowest BCUT2D eigenvalue weighted by Gasteiger charge is -2.14. The first-order valence-corrected chi connectivity index (χ1v) is 12.2. The largest absolute Gasteiger partial charge is 0.456 e. The van der Waals surface area contributed by atoms with Crippen molar-refractivity contribution in [3.63, 3.8) is 0 Å². The standard InChI is InChI=1S/C28H26F4N4O2/c1-16-10-18(6-7-22(16)27(37)35-23-11-17(23)2)25-14-34-26-24(33-9-8-28(30,31)32)13-21(15-36(25)26)38-20-5-3-4-19(29)12-20/h3-7,10,12-15,17,23,33H,8-9,11H2,1-2H3,(H,35,37)/t17-,23-/m1/s1. The molecule has 2 aromatic heterocycles. The summed E-state index contributed by atoms with van der Waals surface area (Å²) in [6.07, 6.45) is -1.12. The van der Waals surface area contributed by atoms with Crippen LogP contribution in [0.1, 0.15) is 35.7 Å². The average Bonchev–Trinajstić information content (AvgIpc) is 3.35. The van der Waals surface area contributed by atoms with Crippen LogP contribution >= 0.6 is 0 Å². The second-order valence-corrected chi connectivity index (χ2v) is 9.60. The van der Waals surface area contributed by atoms with Crippen molar-refractivity contribution in [1.29, 1.82) is 0 Å². The van der Waals surface area contributed by atoms with E-state index in [2.05, 4.69) is 22.5 Å². The highest BCUT2D eigenvalue weighted by atomic mass is 19.4. The SMILES string of the molecule is Cc1cc(-c2cnc3c(NCCC(F)(F)F)cc(Oc4cccc(F)c4)cn23)ccc1C(=O)N[C@@H]1C[C@H]1C. The third kappa shape index (κ3) is 5.74. The second kappa shape index (κ2) is 10.00. The van der Waals surface area contributed by atoms with Crippen LogP contribution in [-0.2, 0) is 0 Å². The number of fused-ring (bicyclic) bond motifs is 1. The lowest BCUT2D eigenvalue weighted by molar-refractivity contribution is -0.131. The van der Waals surface area contributed by atoms with Gasteiger partial charge in [0.25, 0.3) is 5.91 Å². The van der Waals surface area contributed by atoms with Gasteiger partial charge in [-0.05, 0) is 49.1 Å². The van der Waals surface area contributed by atoms with E-state index in [9.17, 15) is 22.4 Å². The fourth-order valence-corrected chi connectivity index (χ4v) is 4.31. The fourth-order valence-electron chi connectivity index (χ4n) is 4.31. The summed E-state index contributed by atoms with van der Waals surface area (Å²) in [6.45, 7) is 3.58. The zero-order valence-electron chi connectivity index (χ0n) is 20.8. The summed E-state index contributed by atoms with van der Waals surface area (Å²) in [7, 11) is 0. The van der Waals surface area contributed by atoms with Crippen LogP contribution in [0.25, 0.3) is 16.9 Å². The van der Waals surface area contributed by atoms with E-state index >= 15 is 0 Å². The molecule has 6 nitrogen and oxygen atoms in total. The maximum absolute atomic E-state index is 13.7. The summed E-state index contributed by atoms with van der Waals surface area (Å²) in [5.74, 6) is 0.403. The Bertz CT molecular complexity index is 1500. The Morgan fingerprint density at radius 1 is 1.16 bits per heavy atom. The predicted octanol–water partition coefficient (Wildman–Crippen LogP) is 6.74. The van der Waals surface area contributed by atoms with Crippen molar-refractivity contribution >= 4 is 17.2 Å². The average molecular weight is 527 g/mol. The number of rotatable bonds is 8. The Kier molecular flexibility index (Phi) is 6.73. The molecule has 0 spiro atoms. The minimum absolute atomic E-state index is 0.122. The summed E-state index contributed by atoms with van der Waals surface area (Å²) in [4.78, 5) is 17.1. The van der Waals surface area contributed by atoms with Crippen LogP contribution in [0.4, 0.5) is 23.2 Å². The highest BCUT2D eigenvalue weighted by Gasteiger charge is 2.34. The van der Waals surface area contributed by atoms with E-state index in [-0.39, 0.29) is 30.0 Å². The smallest absolute Gasteiger partial charge is 0.390 e. The van der Waals surface area contributed by atoms with Gasteiger partial charge in [-0.15, -0.1) is 0 Å². The second-order valence-electron chi connectivity index (χ2n) is 9.60. The molecule has 2 aromatic carbocycles. The zero-order chi connectivity index (χ0) is 27.0. The lowest BCUT2D eigenvalue weighted by atomic mass is 10.0. The van der Waals surface area contributed by atoms with Gasteiger partial charge in [0.05, 0.1) is 30.2 Å². The van der Waals surface area contributed by atoms with Crippen molar-refractivity contribution in [3.05, 3.63) is 77.9 Å². The maximum atomic E-state index is 13.7. The number of hydrogen-bond donors (Lipinski definition) is 2. The van der Waals surface area contributed by atoms with Gasteiger partial charge >= 0.3 is 6.18 Å². The highest BCUT2D eigenvalue weighted by Crippen LogP contribution is 2.33. The van der Waals surface area contributed by atoms with E-state index in [1.165, 1.54) is 24.3 Å². The monoisotopic (exact) mass is 526 g/mol. The van der Waals surface area contributed by atoms with Gasteiger partial charge in [0.2, 0.25) is 0 Å².